The van der Waals surface area contributed by atoms with Crippen molar-refractivity contribution in [1.29, 1.82) is 0 Å². The van der Waals surface area contributed by atoms with E-state index < -0.39 is 0 Å². The number of rotatable bonds is 9. The number of amides is 2. The minimum absolute atomic E-state index is 0.0107. The molecule has 1 aromatic heterocycles. The monoisotopic (exact) mass is 447 g/mol. The summed E-state index contributed by atoms with van der Waals surface area (Å²) in [6.07, 6.45) is 0.475. The Labute approximate surface area is 193 Å². The number of hydrogen-bond donors (Lipinski definition) is 4. The predicted octanol–water partition coefficient (Wildman–Crippen LogP) is 2.39. The topological polar surface area (TPSA) is 122 Å². The molecular weight excluding hydrogens is 418 g/mol. The number of aliphatic hydroxyl groups excluding tert-OH is 1. The van der Waals surface area contributed by atoms with Crippen molar-refractivity contribution in [2.45, 2.75) is 19.9 Å². The van der Waals surface area contributed by atoms with Gasteiger partial charge in [-0.1, -0.05) is 42.5 Å². The second kappa shape index (κ2) is 11.6. The maximum atomic E-state index is 12.7. The highest BCUT2D eigenvalue weighted by Gasteiger charge is 2.16. The molecule has 0 fully saturated rings. The summed E-state index contributed by atoms with van der Waals surface area (Å²) in [5, 5.41) is 14.3. The lowest BCUT2D eigenvalue weighted by Crippen LogP contribution is -2.39. The van der Waals surface area contributed by atoms with E-state index in [1.54, 1.807) is 12.1 Å². The average molecular weight is 448 g/mol. The van der Waals surface area contributed by atoms with Crippen molar-refractivity contribution < 1.29 is 14.7 Å². The summed E-state index contributed by atoms with van der Waals surface area (Å²) in [4.78, 5) is 28.9. The summed E-state index contributed by atoms with van der Waals surface area (Å²) in [5.74, 6) is -0.414. The Balaban J connectivity index is 1.90. The number of nitrogens with one attached hydrogen (secondary N) is 2. The Bertz CT molecular complexity index is 1100. The van der Waals surface area contributed by atoms with Gasteiger partial charge in [0.05, 0.1) is 0 Å². The van der Waals surface area contributed by atoms with Crippen molar-refractivity contribution in [3.63, 3.8) is 0 Å². The normalized spacial score (nSPS) is 11.3. The lowest BCUT2D eigenvalue weighted by atomic mass is 10.1. The number of hydrogen-bond acceptors (Lipinski definition) is 4. The highest BCUT2D eigenvalue weighted by molar-refractivity contribution is 5.96. The van der Waals surface area contributed by atoms with Crippen LogP contribution in [0.2, 0.25) is 0 Å². The molecule has 1 heterocycles. The zero-order valence-corrected chi connectivity index (χ0v) is 18.6. The summed E-state index contributed by atoms with van der Waals surface area (Å²) in [6, 6.07) is 21.0. The van der Waals surface area contributed by atoms with Crippen LogP contribution < -0.4 is 16.4 Å². The van der Waals surface area contributed by atoms with Crippen LogP contribution in [0, 0.1) is 0 Å². The highest BCUT2D eigenvalue weighted by Crippen LogP contribution is 2.29. The van der Waals surface area contributed by atoms with E-state index >= 15 is 0 Å². The molecule has 0 spiro atoms. The number of aliphatic imine (C=N–C) groups is 1. The number of carbonyl (C=O) groups is 2. The summed E-state index contributed by atoms with van der Waals surface area (Å²) >= 11 is 0. The van der Waals surface area contributed by atoms with Crippen molar-refractivity contribution in [2.24, 2.45) is 10.7 Å². The molecule has 5 N–H and O–H groups in total. The van der Waals surface area contributed by atoms with Crippen LogP contribution in [0.5, 0.6) is 0 Å². The number of carbonyl (C=O) groups excluding carboxylic acids is 2. The van der Waals surface area contributed by atoms with E-state index in [-0.39, 0.29) is 30.9 Å². The van der Waals surface area contributed by atoms with Crippen LogP contribution in [-0.2, 0) is 11.3 Å². The van der Waals surface area contributed by atoms with Gasteiger partial charge in [0.25, 0.3) is 5.91 Å². The maximum Gasteiger partial charge on any atom is 0.251 e. The molecular formula is C25H29N5O3. The van der Waals surface area contributed by atoms with E-state index in [1.165, 1.54) is 0 Å². The first kappa shape index (κ1) is 23.7. The number of nitrogens with zero attached hydrogens (tertiary/aromatic N) is 2. The third-order valence-corrected chi connectivity index (χ3v) is 5.00. The van der Waals surface area contributed by atoms with Crippen LogP contribution in [0.15, 0.2) is 71.7 Å². The van der Waals surface area contributed by atoms with Gasteiger partial charge in [-0.3, -0.25) is 19.9 Å². The Kier molecular flexibility index (Phi) is 8.37. The fourth-order valence-electron chi connectivity index (χ4n) is 3.44. The molecule has 0 saturated carbocycles. The Morgan fingerprint density at radius 1 is 0.970 bits per heavy atom. The SMILES string of the molecule is CCNC(=O)c1ccc(-c2ccc(-c3ccccc3)n2CC(=O)NC(N)=NCCCO)cc1. The largest absolute Gasteiger partial charge is 0.396 e. The van der Waals surface area contributed by atoms with Crippen LogP contribution in [0.1, 0.15) is 23.7 Å². The minimum Gasteiger partial charge on any atom is -0.396 e. The van der Waals surface area contributed by atoms with Gasteiger partial charge in [-0.15, -0.1) is 0 Å². The molecule has 0 aliphatic carbocycles. The summed E-state index contributed by atoms with van der Waals surface area (Å²) in [5.41, 5.74) is 9.94. The Morgan fingerprint density at radius 2 is 1.61 bits per heavy atom. The lowest BCUT2D eigenvalue weighted by molar-refractivity contribution is -0.120. The Hall–Kier alpha value is -3.91. The smallest absolute Gasteiger partial charge is 0.251 e. The van der Waals surface area contributed by atoms with Crippen LogP contribution in [-0.4, -0.2) is 47.1 Å². The first-order valence-electron chi connectivity index (χ1n) is 10.9. The van der Waals surface area contributed by atoms with E-state index in [9.17, 15) is 9.59 Å². The number of aliphatic hydroxyl groups is 1. The van der Waals surface area contributed by atoms with Crippen LogP contribution >= 0.6 is 0 Å². The third-order valence-electron chi connectivity index (χ3n) is 5.00. The van der Waals surface area contributed by atoms with Crippen molar-refractivity contribution in [3.05, 3.63) is 72.3 Å². The van der Waals surface area contributed by atoms with E-state index in [4.69, 9.17) is 10.8 Å². The molecule has 0 radical (unpaired) electrons. The summed E-state index contributed by atoms with van der Waals surface area (Å²) in [7, 11) is 0. The third kappa shape index (κ3) is 6.30. The fraction of sp³-hybridized carbons (Fsp3) is 0.240. The quantitative estimate of drug-likeness (QED) is 0.229. The molecule has 2 aromatic carbocycles. The average Bonchev–Trinajstić information content (AvgIpc) is 3.23. The summed E-state index contributed by atoms with van der Waals surface area (Å²) < 4.78 is 1.91. The van der Waals surface area contributed by atoms with Gasteiger partial charge in [-0.2, -0.15) is 0 Å². The molecule has 0 saturated heterocycles. The highest BCUT2D eigenvalue weighted by atomic mass is 16.3. The van der Waals surface area contributed by atoms with Crippen molar-refractivity contribution in [3.8, 4) is 22.5 Å². The number of nitrogens with two attached hydrogens (primary N) is 1. The number of guanidine groups is 1. The number of aromatic nitrogens is 1. The van der Waals surface area contributed by atoms with Gasteiger partial charge in [-0.05, 0) is 48.7 Å². The minimum atomic E-state index is -0.311. The van der Waals surface area contributed by atoms with Crippen molar-refractivity contribution in [1.82, 2.24) is 15.2 Å². The first-order chi connectivity index (χ1) is 16.0. The molecule has 0 bridgehead atoms. The Morgan fingerprint density at radius 3 is 2.21 bits per heavy atom. The molecule has 3 rings (SSSR count). The molecule has 172 valence electrons. The first-order valence-corrected chi connectivity index (χ1v) is 10.9. The van der Waals surface area contributed by atoms with Crippen molar-refractivity contribution >= 4 is 17.8 Å². The number of benzene rings is 2. The van der Waals surface area contributed by atoms with Gasteiger partial charge >= 0.3 is 0 Å². The van der Waals surface area contributed by atoms with Gasteiger partial charge in [-0.25, -0.2) is 0 Å². The zero-order valence-electron chi connectivity index (χ0n) is 18.6. The standard InChI is InChI=1S/C25H29N5O3/c1-2-27-24(33)20-11-9-19(10-12-20)22-14-13-21(18-7-4-3-5-8-18)30(22)17-23(32)29-25(26)28-15-6-16-31/h3-5,7-14,31H,2,6,15-17H2,1H3,(H,27,33)(H3,26,28,29,32). The molecule has 8 heteroatoms. The second-order valence-electron chi connectivity index (χ2n) is 7.39. The fourth-order valence-corrected chi connectivity index (χ4v) is 3.44. The molecule has 2 amide bonds. The summed E-state index contributed by atoms with van der Waals surface area (Å²) in [6.45, 7) is 2.81. The molecule has 0 aliphatic rings. The van der Waals surface area contributed by atoms with Gasteiger partial charge < -0.3 is 20.7 Å². The van der Waals surface area contributed by atoms with Crippen LogP contribution in [0.25, 0.3) is 22.5 Å². The maximum absolute atomic E-state index is 12.7. The van der Waals surface area contributed by atoms with E-state index in [1.807, 2.05) is 66.1 Å². The van der Waals surface area contributed by atoms with E-state index in [0.717, 1.165) is 22.5 Å². The second-order valence-corrected chi connectivity index (χ2v) is 7.39. The van der Waals surface area contributed by atoms with Gasteiger partial charge in [0.2, 0.25) is 5.91 Å². The van der Waals surface area contributed by atoms with Gasteiger partial charge in [0.15, 0.2) is 5.96 Å². The molecule has 3 aromatic rings. The predicted molar refractivity (Wildman–Crippen MR) is 130 cm³/mol. The van der Waals surface area contributed by atoms with Gasteiger partial charge in [0, 0.05) is 36.6 Å². The lowest BCUT2D eigenvalue weighted by Gasteiger charge is -2.14. The molecule has 33 heavy (non-hydrogen) atoms. The van der Waals surface area contributed by atoms with E-state index in [0.29, 0.717) is 25.1 Å². The molecule has 0 aliphatic heterocycles. The van der Waals surface area contributed by atoms with Gasteiger partial charge in [0.1, 0.15) is 6.54 Å². The van der Waals surface area contributed by atoms with Crippen LogP contribution in [0.4, 0.5) is 0 Å². The molecule has 8 nitrogen and oxygen atoms in total. The van der Waals surface area contributed by atoms with Crippen LogP contribution in [0.3, 0.4) is 0 Å². The van der Waals surface area contributed by atoms with Crippen molar-refractivity contribution in [2.75, 3.05) is 19.7 Å². The molecule has 0 atom stereocenters. The zero-order chi connectivity index (χ0) is 23.6. The molecule has 0 unspecified atom stereocenters. The van der Waals surface area contributed by atoms with E-state index in [2.05, 4.69) is 15.6 Å².